The van der Waals surface area contributed by atoms with E-state index >= 15 is 0 Å². The Hall–Kier alpha value is -3.25. The number of hydrogen-bond acceptors (Lipinski definition) is 5. The molecule has 1 amide bonds. The van der Waals surface area contributed by atoms with Crippen LogP contribution in [-0.2, 0) is 14.9 Å². The maximum Gasteiger partial charge on any atom is 0.241 e. The van der Waals surface area contributed by atoms with E-state index in [1.54, 1.807) is 12.4 Å². The SMILES string of the molecule is Cc1cccc(C2(C(=O)N3CCC(c4nccnc4Oc4ccccc4C)CC3)CCOCC2)c1. The first-order valence-electron chi connectivity index (χ1n) is 12.6. The molecule has 1 aromatic heterocycles. The highest BCUT2D eigenvalue weighted by Crippen LogP contribution is 2.40. The second-order valence-corrected chi connectivity index (χ2v) is 9.74. The Kier molecular flexibility index (Phi) is 6.82. The Balaban J connectivity index is 1.32. The summed E-state index contributed by atoms with van der Waals surface area (Å²) in [5.41, 5.74) is 3.74. The van der Waals surface area contributed by atoms with Crippen LogP contribution in [0, 0.1) is 13.8 Å². The minimum atomic E-state index is -0.497. The van der Waals surface area contributed by atoms with Crippen molar-refractivity contribution < 1.29 is 14.3 Å². The molecule has 6 nitrogen and oxygen atoms in total. The van der Waals surface area contributed by atoms with Crippen LogP contribution in [0.2, 0.25) is 0 Å². The number of hydrogen-bond donors (Lipinski definition) is 0. The van der Waals surface area contributed by atoms with Crippen LogP contribution in [0.25, 0.3) is 0 Å². The third-order valence-electron chi connectivity index (χ3n) is 7.49. The number of para-hydroxylation sites is 1. The highest BCUT2D eigenvalue weighted by atomic mass is 16.5. The lowest BCUT2D eigenvalue weighted by Gasteiger charge is -2.42. The highest BCUT2D eigenvalue weighted by molar-refractivity contribution is 5.88. The smallest absolute Gasteiger partial charge is 0.241 e. The number of nitrogens with zero attached hydrogens (tertiary/aromatic N) is 3. The van der Waals surface area contributed by atoms with Crippen LogP contribution in [0.3, 0.4) is 0 Å². The van der Waals surface area contributed by atoms with Gasteiger partial charge >= 0.3 is 0 Å². The average Bonchev–Trinajstić information content (AvgIpc) is 2.90. The molecule has 6 heteroatoms. The number of rotatable bonds is 5. The highest BCUT2D eigenvalue weighted by Gasteiger charge is 2.45. The molecule has 3 heterocycles. The van der Waals surface area contributed by atoms with Crippen LogP contribution in [0.5, 0.6) is 11.6 Å². The van der Waals surface area contributed by atoms with Crippen LogP contribution in [0.1, 0.15) is 54.0 Å². The number of amides is 1. The van der Waals surface area contributed by atoms with Crippen molar-refractivity contribution in [2.24, 2.45) is 0 Å². The van der Waals surface area contributed by atoms with Crippen molar-refractivity contribution in [3.05, 3.63) is 83.3 Å². The maximum absolute atomic E-state index is 14.0. The Labute approximate surface area is 207 Å². The van der Waals surface area contributed by atoms with Crippen molar-refractivity contribution in [1.82, 2.24) is 14.9 Å². The molecule has 0 N–H and O–H groups in total. The van der Waals surface area contributed by atoms with Crippen LogP contribution in [0.4, 0.5) is 0 Å². The van der Waals surface area contributed by atoms with Crippen molar-refractivity contribution in [2.45, 2.75) is 50.9 Å². The van der Waals surface area contributed by atoms with Crippen molar-refractivity contribution in [3.63, 3.8) is 0 Å². The lowest BCUT2D eigenvalue weighted by molar-refractivity contribution is -0.142. The third kappa shape index (κ3) is 4.80. The summed E-state index contributed by atoms with van der Waals surface area (Å²) >= 11 is 0. The van der Waals surface area contributed by atoms with E-state index in [1.807, 2.05) is 31.2 Å². The molecule has 2 aromatic carbocycles. The summed E-state index contributed by atoms with van der Waals surface area (Å²) in [5.74, 6) is 1.80. The maximum atomic E-state index is 14.0. The molecule has 0 radical (unpaired) electrons. The second kappa shape index (κ2) is 10.2. The molecule has 182 valence electrons. The monoisotopic (exact) mass is 471 g/mol. The second-order valence-electron chi connectivity index (χ2n) is 9.74. The molecule has 35 heavy (non-hydrogen) atoms. The molecule has 3 aromatic rings. The van der Waals surface area contributed by atoms with E-state index in [4.69, 9.17) is 9.47 Å². The van der Waals surface area contributed by atoms with Crippen molar-refractivity contribution >= 4 is 5.91 Å². The first-order chi connectivity index (χ1) is 17.1. The Morgan fingerprint density at radius 3 is 2.49 bits per heavy atom. The van der Waals surface area contributed by atoms with E-state index in [0.29, 0.717) is 32.2 Å². The summed E-state index contributed by atoms with van der Waals surface area (Å²) in [6, 6.07) is 16.4. The molecule has 2 saturated heterocycles. The summed E-state index contributed by atoms with van der Waals surface area (Å²) < 4.78 is 11.8. The molecule has 0 atom stereocenters. The first kappa shape index (κ1) is 23.5. The summed E-state index contributed by atoms with van der Waals surface area (Å²) in [6.45, 7) is 6.77. The predicted octanol–water partition coefficient (Wildman–Crippen LogP) is 5.34. The van der Waals surface area contributed by atoms with Gasteiger partial charge < -0.3 is 14.4 Å². The van der Waals surface area contributed by atoms with E-state index in [1.165, 1.54) is 5.56 Å². The number of likely N-dealkylation sites (tertiary alicyclic amines) is 1. The van der Waals surface area contributed by atoms with Crippen LogP contribution in [0.15, 0.2) is 60.9 Å². The largest absolute Gasteiger partial charge is 0.437 e. The molecule has 0 unspecified atom stereocenters. The van der Waals surface area contributed by atoms with Gasteiger partial charge in [-0.25, -0.2) is 4.98 Å². The number of carbonyl (C=O) groups is 1. The van der Waals surface area contributed by atoms with Gasteiger partial charge in [-0.2, -0.15) is 0 Å². The number of aromatic nitrogens is 2. The number of aryl methyl sites for hydroxylation is 2. The number of carbonyl (C=O) groups excluding carboxylic acids is 1. The predicted molar refractivity (Wildman–Crippen MR) is 135 cm³/mol. The molecule has 2 aliphatic heterocycles. The van der Waals surface area contributed by atoms with Gasteiger partial charge in [-0.1, -0.05) is 48.0 Å². The zero-order chi connectivity index (χ0) is 24.3. The Bertz CT molecular complexity index is 1180. The van der Waals surface area contributed by atoms with Crippen molar-refractivity contribution in [3.8, 4) is 11.6 Å². The topological polar surface area (TPSA) is 64.6 Å². The van der Waals surface area contributed by atoms with Gasteiger partial charge in [-0.05, 0) is 56.7 Å². The molecular formula is C29H33N3O3. The number of ether oxygens (including phenoxy) is 2. The van der Waals surface area contributed by atoms with Gasteiger partial charge in [-0.3, -0.25) is 9.78 Å². The first-order valence-corrected chi connectivity index (χ1v) is 12.6. The summed E-state index contributed by atoms with van der Waals surface area (Å²) in [7, 11) is 0. The minimum Gasteiger partial charge on any atom is -0.437 e. The molecular weight excluding hydrogens is 438 g/mol. The van der Waals surface area contributed by atoms with Gasteiger partial charge in [0.2, 0.25) is 11.8 Å². The average molecular weight is 472 g/mol. The van der Waals surface area contributed by atoms with Crippen LogP contribution < -0.4 is 4.74 Å². The van der Waals surface area contributed by atoms with Gasteiger partial charge in [-0.15, -0.1) is 0 Å². The van der Waals surface area contributed by atoms with Gasteiger partial charge in [0.15, 0.2) is 0 Å². The Morgan fingerprint density at radius 2 is 1.74 bits per heavy atom. The fourth-order valence-corrected chi connectivity index (χ4v) is 5.42. The van der Waals surface area contributed by atoms with Gasteiger partial charge in [0.05, 0.1) is 5.41 Å². The fourth-order valence-electron chi connectivity index (χ4n) is 5.42. The lowest BCUT2D eigenvalue weighted by atomic mass is 9.72. The lowest BCUT2D eigenvalue weighted by Crippen LogP contribution is -2.52. The molecule has 0 spiro atoms. The van der Waals surface area contributed by atoms with Crippen LogP contribution >= 0.6 is 0 Å². The molecule has 5 rings (SSSR count). The zero-order valence-corrected chi connectivity index (χ0v) is 20.6. The molecule has 0 saturated carbocycles. The number of piperidine rings is 1. The third-order valence-corrected chi connectivity index (χ3v) is 7.49. The molecule has 0 bridgehead atoms. The van der Waals surface area contributed by atoms with E-state index in [0.717, 1.165) is 48.3 Å². The number of benzene rings is 2. The van der Waals surface area contributed by atoms with Gasteiger partial charge in [0.25, 0.3) is 0 Å². The van der Waals surface area contributed by atoms with E-state index < -0.39 is 5.41 Å². The molecule has 2 aliphatic rings. The quantitative estimate of drug-likeness (QED) is 0.503. The van der Waals surface area contributed by atoms with Gasteiger partial charge in [0, 0.05) is 44.6 Å². The molecule has 2 fully saturated rings. The van der Waals surface area contributed by atoms with E-state index in [9.17, 15) is 4.79 Å². The summed E-state index contributed by atoms with van der Waals surface area (Å²) in [5, 5.41) is 0. The Morgan fingerprint density at radius 1 is 1.00 bits per heavy atom. The van der Waals surface area contributed by atoms with Crippen molar-refractivity contribution in [1.29, 1.82) is 0 Å². The zero-order valence-electron chi connectivity index (χ0n) is 20.6. The standard InChI is InChI=1S/C29H33N3O3/c1-21-6-5-8-24(20-21)29(12-18-34-19-13-29)28(33)32-16-10-23(11-17-32)26-27(31-15-14-30-26)35-25-9-4-3-7-22(25)2/h3-9,14-15,20,23H,10-13,16-19H2,1-2H3. The van der Waals surface area contributed by atoms with E-state index in [-0.39, 0.29) is 11.8 Å². The van der Waals surface area contributed by atoms with E-state index in [2.05, 4.69) is 46.1 Å². The van der Waals surface area contributed by atoms with Crippen LogP contribution in [-0.4, -0.2) is 47.1 Å². The minimum absolute atomic E-state index is 0.205. The van der Waals surface area contributed by atoms with Gasteiger partial charge in [0.1, 0.15) is 11.4 Å². The molecule has 0 aliphatic carbocycles. The summed E-state index contributed by atoms with van der Waals surface area (Å²) in [6.07, 6.45) is 6.55. The fraction of sp³-hybridized carbons (Fsp3) is 0.414. The van der Waals surface area contributed by atoms with Crippen molar-refractivity contribution in [2.75, 3.05) is 26.3 Å². The summed E-state index contributed by atoms with van der Waals surface area (Å²) in [4.78, 5) is 25.2. The normalized spacial score (nSPS) is 18.3.